The molecule has 0 saturated carbocycles. The van der Waals surface area contributed by atoms with E-state index in [1.807, 2.05) is 6.07 Å². The van der Waals surface area contributed by atoms with Crippen molar-refractivity contribution in [1.82, 2.24) is 0 Å². The van der Waals surface area contributed by atoms with Crippen molar-refractivity contribution in [3.05, 3.63) is 182 Å². The highest BCUT2D eigenvalue weighted by Crippen LogP contribution is 2.48. The van der Waals surface area contributed by atoms with Crippen LogP contribution in [0.2, 0.25) is 0 Å². The summed E-state index contributed by atoms with van der Waals surface area (Å²) in [5, 5.41) is 6.98. The lowest BCUT2D eigenvalue weighted by Gasteiger charge is -2.30. The van der Waals surface area contributed by atoms with E-state index in [-0.39, 0.29) is 0 Å². The topological polar surface area (TPSA) is 19.6 Å². The van der Waals surface area contributed by atoms with E-state index in [0.717, 1.165) is 61.4 Å². The number of anilines is 6. The fraction of sp³-hybridized carbons (Fsp3) is 0. The summed E-state index contributed by atoms with van der Waals surface area (Å²) in [6, 6.07) is 64.3. The van der Waals surface area contributed by atoms with Gasteiger partial charge in [0, 0.05) is 44.6 Å². The van der Waals surface area contributed by atoms with Gasteiger partial charge in [0.2, 0.25) is 0 Å². The minimum atomic E-state index is 0.867. The molecule has 0 spiro atoms. The Kier molecular flexibility index (Phi) is 6.46. The van der Waals surface area contributed by atoms with Crippen LogP contribution in [0.3, 0.4) is 0 Å². The number of furan rings is 1. The fourth-order valence-corrected chi connectivity index (χ4v) is 6.89. The summed E-state index contributed by atoms with van der Waals surface area (Å²) < 4.78 is 6.79. The highest BCUT2D eigenvalue weighted by atomic mass is 16.3. The fourth-order valence-electron chi connectivity index (χ4n) is 6.89. The summed E-state index contributed by atoms with van der Waals surface area (Å²) in [6.45, 7) is 0. The van der Waals surface area contributed by atoms with Crippen molar-refractivity contribution >= 4 is 77.6 Å². The van der Waals surface area contributed by atoms with Crippen LogP contribution in [0.5, 0.6) is 0 Å². The Morgan fingerprint density at radius 1 is 0.319 bits per heavy atom. The smallest absolute Gasteiger partial charge is 0.160 e. The molecule has 0 fully saturated rings. The molecule has 0 atom stereocenters. The summed E-state index contributed by atoms with van der Waals surface area (Å²) in [5.74, 6) is 0. The first-order valence-corrected chi connectivity index (χ1v) is 15.9. The van der Waals surface area contributed by atoms with Gasteiger partial charge in [0.1, 0.15) is 5.58 Å². The molecule has 0 amide bonds. The Morgan fingerprint density at radius 2 is 0.851 bits per heavy atom. The number of nitrogens with zero attached hydrogens (tertiary/aromatic N) is 2. The molecular formula is C44H30N2O. The van der Waals surface area contributed by atoms with Gasteiger partial charge in [0.15, 0.2) is 5.58 Å². The van der Waals surface area contributed by atoms with Crippen molar-refractivity contribution in [2.75, 3.05) is 9.80 Å². The Balaban J connectivity index is 1.36. The molecule has 9 rings (SSSR count). The number of hydrogen-bond donors (Lipinski definition) is 0. The van der Waals surface area contributed by atoms with Gasteiger partial charge < -0.3 is 14.2 Å². The Bertz CT molecular complexity index is 2480. The molecule has 1 heterocycles. The van der Waals surface area contributed by atoms with Gasteiger partial charge in [-0.15, -0.1) is 0 Å². The highest BCUT2D eigenvalue weighted by Gasteiger charge is 2.24. The second-order valence-corrected chi connectivity index (χ2v) is 11.8. The lowest BCUT2D eigenvalue weighted by molar-refractivity contribution is 0.669. The van der Waals surface area contributed by atoms with Gasteiger partial charge in [-0.25, -0.2) is 0 Å². The van der Waals surface area contributed by atoms with Crippen LogP contribution >= 0.6 is 0 Å². The maximum atomic E-state index is 6.79. The van der Waals surface area contributed by atoms with E-state index >= 15 is 0 Å². The van der Waals surface area contributed by atoms with E-state index in [2.05, 4.69) is 186 Å². The molecule has 0 N–H and O–H groups in total. The summed E-state index contributed by atoms with van der Waals surface area (Å²) in [7, 11) is 0. The molecule has 0 aliphatic carbocycles. The zero-order chi connectivity index (χ0) is 31.2. The van der Waals surface area contributed by atoms with Crippen LogP contribution in [0.25, 0.3) is 43.5 Å². The van der Waals surface area contributed by atoms with Crippen molar-refractivity contribution in [1.29, 1.82) is 0 Å². The molecule has 1 aromatic heterocycles. The number of rotatable bonds is 6. The van der Waals surface area contributed by atoms with Crippen LogP contribution in [0.1, 0.15) is 0 Å². The van der Waals surface area contributed by atoms with Gasteiger partial charge in [-0.1, -0.05) is 115 Å². The summed E-state index contributed by atoms with van der Waals surface area (Å²) in [5.41, 5.74) is 8.11. The van der Waals surface area contributed by atoms with Gasteiger partial charge in [0.25, 0.3) is 0 Å². The average molecular weight is 603 g/mol. The van der Waals surface area contributed by atoms with E-state index in [1.54, 1.807) is 0 Å². The molecule has 0 aliphatic rings. The Hall–Kier alpha value is -6.32. The van der Waals surface area contributed by atoms with Gasteiger partial charge in [-0.2, -0.15) is 0 Å². The number of hydrogen-bond acceptors (Lipinski definition) is 3. The molecule has 3 nitrogen and oxygen atoms in total. The van der Waals surface area contributed by atoms with Gasteiger partial charge in [-0.3, -0.25) is 0 Å². The molecule has 47 heavy (non-hydrogen) atoms. The molecule has 0 unspecified atom stereocenters. The monoisotopic (exact) mass is 602 g/mol. The molecule has 222 valence electrons. The molecule has 0 aliphatic heterocycles. The summed E-state index contributed by atoms with van der Waals surface area (Å²) in [4.78, 5) is 4.67. The summed E-state index contributed by atoms with van der Waals surface area (Å²) in [6.07, 6.45) is 0. The zero-order valence-electron chi connectivity index (χ0n) is 25.6. The van der Waals surface area contributed by atoms with E-state index in [1.165, 1.54) is 16.2 Å². The van der Waals surface area contributed by atoms with Crippen molar-refractivity contribution in [3.63, 3.8) is 0 Å². The van der Waals surface area contributed by atoms with Gasteiger partial charge in [-0.05, 0) is 82.9 Å². The van der Waals surface area contributed by atoms with Gasteiger partial charge in [0.05, 0.1) is 5.69 Å². The third-order valence-corrected chi connectivity index (χ3v) is 8.98. The van der Waals surface area contributed by atoms with Crippen LogP contribution in [-0.4, -0.2) is 0 Å². The average Bonchev–Trinajstić information content (AvgIpc) is 3.52. The molecule has 8 aromatic carbocycles. The maximum Gasteiger partial charge on any atom is 0.160 e. The normalized spacial score (nSPS) is 11.4. The predicted octanol–water partition coefficient (Wildman–Crippen LogP) is 12.8. The molecule has 9 aromatic rings. The lowest BCUT2D eigenvalue weighted by Crippen LogP contribution is -2.13. The Labute approximate surface area is 273 Å². The van der Waals surface area contributed by atoms with E-state index in [9.17, 15) is 0 Å². The standard InChI is InChI=1S/C44H30N2O/c1-4-16-32(17-5-1)45(33-18-6-2-7-19-33)35-22-14-23-36(29-35)46(34-20-8-3-9-21-34)43-39-28-27-31-15-10-11-24-37(31)40(39)30-41-38-25-12-13-26-42(38)47-44(41)43/h1-30H. The number of para-hydroxylation sites is 4. The van der Waals surface area contributed by atoms with E-state index in [0.29, 0.717) is 0 Å². The summed E-state index contributed by atoms with van der Waals surface area (Å²) >= 11 is 0. The zero-order valence-corrected chi connectivity index (χ0v) is 25.6. The van der Waals surface area contributed by atoms with Crippen LogP contribution in [0.15, 0.2) is 186 Å². The first-order chi connectivity index (χ1) is 23.3. The van der Waals surface area contributed by atoms with E-state index < -0.39 is 0 Å². The van der Waals surface area contributed by atoms with Crippen molar-refractivity contribution in [3.8, 4) is 0 Å². The largest absolute Gasteiger partial charge is 0.454 e. The maximum absolute atomic E-state index is 6.79. The molecule has 3 heteroatoms. The second kappa shape index (κ2) is 11.2. The minimum absolute atomic E-state index is 0.867. The van der Waals surface area contributed by atoms with Crippen LogP contribution in [0, 0.1) is 0 Å². The van der Waals surface area contributed by atoms with E-state index in [4.69, 9.17) is 4.42 Å². The quantitative estimate of drug-likeness (QED) is 0.177. The Morgan fingerprint density at radius 3 is 1.53 bits per heavy atom. The van der Waals surface area contributed by atoms with Crippen LogP contribution in [-0.2, 0) is 0 Å². The van der Waals surface area contributed by atoms with Crippen LogP contribution < -0.4 is 9.80 Å². The second-order valence-electron chi connectivity index (χ2n) is 11.8. The lowest BCUT2D eigenvalue weighted by atomic mass is 9.97. The first kappa shape index (κ1) is 27.0. The number of benzene rings is 8. The highest BCUT2D eigenvalue weighted by molar-refractivity contribution is 6.24. The number of fused-ring (bicyclic) bond motifs is 6. The predicted molar refractivity (Wildman–Crippen MR) is 198 cm³/mol. The van der Waals surface area contributed by atoms with Gasteiger partial charge >= 0.3 is 0 Å². The van der Waals surface area contributed by atoms with Crippen molar-refractivity contribution in [2.24, 2.45) is 0 Å². The van der Waals surface area contributed by atoms with Crippen molar-refractivity contribution in [2.45, 2.75) is 0 Å². The van der Waals surface area contributed by atoms with Crippen molar-refractivity contribution < 1.29 is 4.42 Å². The SMILES string of the molecule is c1ccc(N(c2ccccc2)c2cccc(N(c3ccccc3)c3c4ccc5ccccc5c4cc4c3oc3ccccc34)c2)cc1. The molecule has 0 radical (unpaired) electrons. The minimum Gasteiger partial charge on any atom is -0.454 e. The van der Waals surface area contributed by atoms with Crippen LogP contribution in [0.4, 0.5) is 34.1 Å². The first-order valence-electron chi connectivity index (χ1n) is 15.9. The third-order valence-electron chi connectivity index (χ3n) is 8.98. The molecule has 0 bridgehead atoms. The molecular weight excluding hydrogens is 572 g/mol. The molecule has 0 saturated heterocycles. The third kappa shape index (κ3) is 4.60.